The number of hydrogen-bond acceptors (Lipinski definition) is 2. The van der Waals surface area contributed by atoms with Gasteiger partial charge in [0, 0.05) is 6.54 Å². The van der Waals surface area contributed by atoms with Crippen LogP contribution in [0.5, 0.6) is 5.75 Å². The van der Waals surface area contributed by atoms with Gasteiger partial charge in [-0.05, 0) is 74.4 Å². The van der Waals surface area contributed by atoms with E-state index in [1.165, 1.54) is 62.9 Å². The fraction of sp³-hybridized carbons (Fsp3) is 0.625. The van der Waals surface area contributed by atoms with Gasteiger partial charge in [-0.1, -0.05) is 12.5 Å². The number of fused-ring (bicyclic) bond motifs is 1. The lowest BCUT2D eigenvalue weighted by Gasteiger charge is -2.33. The molecule has 1 fully saturated rings. The molecule has 1 aliphatic heterocycles. The standard InChI is InChI=1S/C16H23NO.ClH/c18-16-7-6-14-10-13(4-5-15(14)11-16)12-17-8-2-1-3-9-17;/h6-7,11,13,18H,1-5,8-10,12H2;1H. The predicted octanol–water partition coefficient (Wildman–Crippen LogP) is 3.40. The molecular weight excluding hydrogens is 258 g/mol. The summed E-state index contributed by atoms with van der Waals surface area (Å²) in [7, 11) is 0. The van der Waals surface area contributed by atoms with Crippen LogP contribution in [-0.4, -0.2) is 29.6 Å². The molecule has 106 valence electrons. The second-order valence-electron chi connectivity index (χ2n) is 5.92. The van der Waals surface area contributed by atoms with Gasteiger partial charge in [0.1, 0.15) is 5.75 Å². The number of benzene rings is 1. The van der Waals surface area contributed by atoms with Crippen molar-refractivity contribution in [3.63, 3.8) is 0 Å². The normalized spacial score (nSPS) is 23.5. The van der Waals surface area contributed by atoms with E-state index >= 15 is 0 Å². The van der Waals surface area contributed by atoms with Gasteiger partial charge in [-0.25, -0.2) is 0 Å². The maximum atomic E-state index is 9.51. The lowest BCUT2D eigenvalue weighted by Crippen LogP contribution is -2.36. The molecule has 19 heavy (non-hydrogen) atoms. The molecule has 1 aromatic carbocycles. The number of phenols is 1. The molecule has 2 aliphatic rings. The van der Waals surface area contributed by atoms with Crippen molar-refractivity contribution in [1.82, 2.24) is 4.90 Å². The van der Waals surface area contributed by atoms with E-state index in [0.717, 1.165) is 12.3 Å². The van der Waals surface area contributed by atoms with Crippen molar-refractivity contribution in [2.45, 2.75) is 38.5 Å². The largest absolute Gasteiger partial charge is 0.508 e. The van der Waals surface area contributed by atoms with Gasteiger partial charge in [0.15, 0.2) is 0 Å². The molecule has 3 heteroatoms. The highest BCUT2D eigenvalue weighted by Crippen LogP contribution is 2.29. The summed E-state index contributed by atoms with van der Waals surface area (Å²) in [6.45, 7) is 3.89. The van der Waals surface area contributed by atoms with Crippen LogP contribution < -0.4 is 0 Å². The molecule has 1 N–H and O–H groups in total. The third kappa shape index (κ3) is 3.64. The Kier molecular flexibility index (Phi) is 5.12. The summed E-state index contributed by atoms with van der Waals surface area (Å²) in [6, 6.07) is 5.90. The number of piperidine rings is 1. The Labute approximate surface area is 122 Å². The second kappa shape index (κ2) is 6.62. The first-order chi connectivity index (χ1) is 8.81. The first kappa shape index (κ1) is 14.7. The van der Waals surface area contributed by atoms with Crippen molar-refractivity contribution < 1.29 is 5.11 Å². The average molecular weight is 282 g/mol. The summed E-state index contributed by atoms with van der Waals surface area (Å²) in [5.74, 6) is 1.24. The van der Waals surface area contributed by atoms with E-state index in [4.69, 9.17) is 0 Å². The molecule has 0 amide bonds. The molecule has 3 rings (SSSR count). The predicted molar refractivity (Wildman–Crippen MR) is 81.2 cm³/mol. The maximum Gasteiger partial charge on any atom is 0.115 e. The van der Waals surface area contributed by atoms with Crippen LogP contribution in [-0.2, 0) is 12.8 Å². The van der Waals surface area contributed by atoms with Crippen LogP contribution in [0.1, 0.15) is 36.8 Å². The molecule has 1 atom stereocenters. The third-order valence-electron chi connectivity index (χ3n) is 4.49. The topological polar surface area (TPSA) is 23.5 Å². The van der Waals surface area contributed by atoms with Crippen molar-refractivity contribution in [2.24, 2.45) is 5.92 Å². The van der Waals surface area contributed by atoms with Crippen LogP contribution >= 0.6 is 12.4 Å². The van der Waals surface area contributed by atoms with Crippen LogP contribution in [0.2, 0.25) is 0 Å². The highest BCUT2D eigenvalue weighted by atomic mass is 35.5. The van der Waals surface area contributed by atoms with Crippen LogP contribution in [0.25, 0.3) is 0 Å². The second-order valence-corrected chi connectivity index (χ2v) is 5.92. The Morgan fingerprint density at radius 2 is 1.89 bits per heavy atom. The van der Waals surface area contributed by atoms with Crippen LogP contribution in [0.3, 0.4) is 0 Å². The SMILES string of the molecule is Cl.Oc1ccc2c(c1)CCC(CN1CCCCC1)C2. The van der Waals surface area contributed by atoms with Crippen LogP contribution in [0, 0.1) is 5.92 Å². The molecule has 0 saturated carbocycles. The third-order valence-corrected chi connectivity index (χ3v) is 4.49. The lowest BCUT2D eigenvalue weighted by atomic mass is 9.83. The molecule has 1 aromatic rings. The molecule has 1 unspecified atom stereocenters. The maximum absolute atomic E-state index is 9.51. The van der Waals surface area contributed by atoms with Gasteiger partial charge in [-0.15, -0.1) is 12.4 Å². The molecular formula is C16H24ClNO. The summed E-state index contributed by atoms with van der Waals surface area (Å²) in [5, 5.41) is 9.51. The van der Waals surface area contributed by atoms with Crippen molar-refractivity contribution in [3.05, 3.63) is 29.3 Å². The van der Waals surface area contributed by atoms with Crippen molar-refractivity contribution in [1.29, 1.82) is 0 Å². The van der Waals surface area contributed by atoms with E-state index in [2.05, 4.69) is 11.0 Å². The number of rotatable bonds is 2. The van der Waals surface area contributed by atoms with Crippen molar-refractivity contribution in [3.8, 4) is 5.75 Å². The lowest BCUT2D eigenvalue weighted by molar-refractivity contribution is 0.187. The molecule has 0 bridgehead atoms. The Hall–Kier alpha value is -0.730. The Morgan fingerprint density at radius 3 is 2.68 bits per heavy atom. The molecule has 1 saturated heterocycles. The van der Waals surface area contributed by atoms with Crippen molar-refractivity contribution >= 4 is 12.4 Å². The first-order valence-corrected chi connectivity index (χ1v) is 7.34. The Bertz CT molecular complexity index is 415. The molecule has 0 spiro atoms. The van der Waals surface area contributed by atoms with Gasteiger partial charge < -0.3 is 10.0 Å². The van der Waals surface area contributed by atoms with E-state index in [1.54, 1.807) is 0 Å². The molecule has 1 aliphatic carbocycles. The van der Waals surface area contributed by atoms with Gasteiger partial charge in [0.25, 0.3) is 0 Å². The summed E-state index contributed by atoms with van der Waals surface area (Å²) in [6.07, 6.45) is 7.82. The number of hydrogen-bond donors (Lipinski definition) is 1. The zero-order valence-corrected chi connectivity index (χ0v) is 12.3. The quantitative estimate of drug-likeness (QED) is 0.898. The average Bonchev–Trinajstić information content (AvgIpc) is 2.40. The number of likely N-dealkylation sites (tertiary alicyclic amines) is 1. The summed E-state index contributed by atoms with van der Waals surface area (Å²) in [5.41, 5.74) is 2.82. The van der Waals surface area contributed by atoms with Crippen LogP contribution in [0.4, 0.5) is 0 Å². The molecule has 2 nitrogen and oxygen atoms in total. The first-order valence-electron chi connectivity index (χ1n) is 7.34. The highest BCUT2D eigenvalue weighted by molar-refractivity contribution is 5.85. The fourth-order valence-electron chi connectivity index (χ4n) is 3.48. The number of aryl methyl sites for hydroxylation is 1. The van der Waals surface area contributed by atoms with E-state index in [9.17, 15) is 5.11 Å². The van der Waals surface area contributed by atoms with E-state index in [1.807, 2.05) is 12.1 Å². The van der Waals surface area contributed by atoms with E-state index in [0.29, 0.717) is 5.75 Å². The van der Waals surface area contributed by atoms with Gasteiger partial charge in [0.2, 0.25) is 0 Å². The minimum absolute atomic E-state index is 0. The molecule has 0 aromatic heterocycles. The Morgan fingerprint density at radius 1 is 1.11 bits per heavy atom. The van der Waals surface area contributed by atoms with Gasteiger partial charge in [-0.3, -0.25) is 0 Å². The van der Waals surface area contributed by atoms with Gasteiger partial charge >= 0.3 is 0 Å². The van der Waals surface area contributed by atoms with Crippen LogP contribution in [0.15, 0.2) is 18.2 Å². The number of phenolic OH excluding ortho intramolecular Hbond substituents is 1. The minimum Gasteiger partial charge on any atom is -0.508 e. The highest BCUT2D eigenvalue weighted by Gasteiger charge is 2.21. The van der Waals surface area contributed by atoms with E-state index < -0.39 is 0 Å². The van der Waals surface area contributed by atoms with Crippen molar-refractivity contribution in [2.75, 3.05) is 19.6 Å². The molecule has 0 radical (unpaired) electrons. The monoisotopic (exact) mass is 281 g/mol. The fourth-order valence-corrected chi connectivity index (χ4v) is 3.48. The minimum atomic E-state index is 0. The Balaban J connectivity index is 0.00000133. The molecule has 1 heterocycles. The van der Waals surface area contributed by atoms with E-state index in [-0.39, 0.29) is 12.4 Å². The summed E-state index contributed by atoms with van der Waals surface area (Å²) >= 11 is 0. The van der Waals surface area contributed by atoms with Gasteiger partial charge in [0.05, 0.1) is 0 Å². The zero-order valence-electron chi connectivity index (χ0n) is 11.5. The zero-order chi connectivity index (χ0) is 12.4. The smallest absolute Gasteiger partial charge is 0.115 e. The summed E-state index contributed by atoms with van der Waals surface area (Å²) < 4.78 is 0. The number of aromatic hydroxyl groups is 1. The van der Waals surface area contributed by atoms with Gasteiger partial charge in [-0.2, -0.15) is 0 Å². The number of halogens is 1. The number of nitrogens with zero attached hydrogens (tertiary/aromatic N) is 1. The summed E-state index contributed by atoms with van der Waals surface area (Å²) in [4.78, 5) is 2.65.